The maximum atomic E-state index is 14.8. The molecule has 2 heterocycles. The first kappa shape index (κ1) is 107. The van der Waals surface area contributed by atoms with Gasteiger partial charge in [0.1, 0.15) is 78.5 Å². The van der Waals surface area contributed by atoms with E-state index in [1.807, 2.05) is 0 Å². The third kappa shape index (κ3) is 38.2. The molecule has 2 aromatic heterocycles. The van der Waals surface area contributed by atoms with E-state index in [9.17, 15) is 96.5 Å². The van der Waals surface area contributed by atoms with Crippen LogP contribution < -0.4 is 103 Å². The van der Waals surface area contributed by atoms with Crippen molar-refractivity contribution in [3.63, 3.8) is 0 Å². The number of para-hydroxylation sites is 1. The van der Waals surface area contributed by atoms with Gasteiger partial charge < -0.3 is 123 Å². The predicted octanol–water partition coefficient (Wildman–Crippen LogP) is -3.57. The number of amides is 17. The molecule has 1 aromatic carbocycles. The van der Waals surface area contributed by atoms with Crippen molar-refractivity contribution in [3.8, 4) is 0 Å². The maximum absolute atomic E-state index is 14.8. The van der Waals surface area contributed by atoms with Crippen LogP contribution in [0.15, 0.2) is 43.0 Å². The molecular formula is C81H132N22O20S. The summed E-state index contributed by atoms with van der Waals surface area (Å²) in [6, 6.07) is -13.3. The van der Waals surface area contributed by atoms with E-state index in [0.717, 1.165) is 0 Å². The number of nitrogens with two attached hydrogens (primary N) is 5. The molecule has 28 N–H and O–H groups in total. The van der Waals surface area contributed by atoms with E-state index < -0.39 is 241 Å². The minimum Gasteiger partial charge on any atom is -0.480 e. The number of unbranched alkanes of at least 4 members (excludes halogenated alkanes) is 1. The Balaban J connectivity index is 1.93. The lowest BCUT2D eigenvalue weighted by atomic mass is 9.97. The Kier molecular flexibility index (Phi) is 46.8. The first-order valence-corrected chi connectivity index (χ1v) is 43.1. The number of aliphatic hydroxyl groups is 1. The number of carboxylic acids is 1. The van der Waals surface area contributed by atoms with Gasteiger partial charge in [0, 0.05) is 61.1 Å². The molecule has 0 aliphatic rings. The molecule has 0 saturated heterocycles. The summed E-state index contributed by atoms with van der Waals surface area (Å²) in [5.41, 5.74) is 30.1. The number of rotatable bonds is 59. The zero-order valence-corrected chi connectivity index (χ0v) is 73.8. The number of hydrogen-bond donors (Lipinski definition) is 23. The van der Waals surface area contributed by atoms with Gasteiger partial charge in [0.15, 0.2) is 0 Å². The quantitative estimate of drug-likeness (QED) is 0.0243. The van der Waals surface area contributed by atoms with Crippen LogP contribution in [0.25, 0.3) is 10.9 Å². The lowest BCUT2D eigenvalue weighted by Crippen LogP contribution is -2.62. The number of H-pyrrole nitrogens is 2. The van der Waals surface area contributed by atoms with E-state index in [1.165, 1.54) is 38.1 Å². The molecule has 0 unspecified atom stereocenters. The smallest absolute Gasteiger partial charge is 0.325 e. The molecular weight excluding hydrogens is 1630 g/mol. The van der Waals surface area contributed by atoms with Gasteiger partial charge in [-0.3, -0.25) is 86.3 Å². The largest absolute Gasteiger partial charge is 0.480 e. The van der Waals surface area contributed by atoms with E-state index in [4.69, 9.17) is 28.7 Å². The summed E-state index contributed by atoms with van der Waals surface area (Å²) in [5, 5.41) is 57.2. The molecule has 43 heteroatoms. The molecule has 0 fully saturated rings. The molecule has 17 amide bonds. The number of carbonyl (C=O) groups is 18. The van der Waals surface area contributed by atoms with Crippen LogP contribution >= 0.6 is 11.8 Å². The van der Waals surface area contributed by atoms with Crippen molar-refractivity contribution in [2.45, 2.75) is 277 Å². The number of aliphatic hydroxyl groups excluding tert-OH is 1. The molecule has 0 spiro atoms. The highest BCUT2D eigenvalue weighted by Crippen LogP contribution is 2.21. The molecule has 124 heavy (non-hydrogen) atoms. The Morgan fingerprint density at radius 1 is 0.460 bits per heavy atom. The average molecular weight is 1770 g/mol. The Morgan fingerprint density at radius 2 is 0.871 bits per heavy atom. The number of thioether (sulfide) groups is 1. The molecule has 0 radical (unpaired) electrons. The number of hydrogen-bond acceptors (Lipinski definition) is 23. The van der Waals surface area contributed by atoms with Gasteiger partial charge in [-0.2, -0.15) is 11.8 Å². The summed E-state index contributed by atoms with van der Waals surface area (Å²) in [6.45, 7) is 18.5. The SMILES string of the molecule is CC[C@H](C)[C@H](NC(=O)CNC(=O)[C@H](Cc1c[nH]c2ccccc12)NC(=O)[C@@H](NC(=O)[C@@H](NC(=O)[C@H](CC(C)C)NC(=O)[C@H](CCC(N)=O)NC(=O)[C@H](CC(C)C)NC(=O)[C@H](CCSC)NC(=O)[C@@H](N)Cc1cnc[nH]1)[C@@H](C)O)C(C)C)C(=O)N[C@@H](CCCCN)C(=O)N[C@@H](CCC(N)=O)C(=O)N[C@@H](CC(C)C)C(=O)N[C@@H](CCC(N)=O)C(=O)N[C@@H](C)C(=O)O. The van der Waals surface area contributed by atoms with Crippen molar-refractivity contribution in [2.24, 2.45) is 58.3 Å². The minimum atomic E-state index is -1.84. The number of fused-ring (bicyclic) bond motifs is 1. The number of imidazole rings is 1. The molecule has 0 saturated carbocycles. The fourth-order valence-electron chi connectivity index (χ4n) is 13.0. The summed E-state index contributed by atoms with van der Waals surface area (Å²) in [6.07, 6.45) is 2.72. The molecule has 0 aliphatic carbocycles. The van der Waals surface area contributed by atoms with Gasteiger partial charge >= 0.3 is 5.97 Å². The van der Waals surface area contributed by atoms with Crippen molar-refractivity contribution in [1.29, 1.82) is 0 Å². The number of nitrogens with zero attached hydrogens (tertiary/aromatic N) is 1. The van der Waals surface area contributed by atoms with E-state index in [2.05, 4.69) is 89.4 Å². The first-order valence-electron chi connectivity index (χ1n) is 41.8. The third-order valence-corrected chi connectivity index (χ3v) is 20.8. The molecule has 0 aliphatic heterocycles. The second kappa shape index (κ2) is 54.3. The lowest BCUT2D eigenvalue weighted by molar-refractivity contribution is -0.142. The molecule has 42 nitrogen and oxygen atoms in total. The Labute approximate surface area is 725 Å². The minimum absolute atomic E-state index is 0.0293. The van der Waals surface area contributed by atoms with Gasteiger partial charge in [-0.15, -0.1) is 0 Å². The summed E-state index contributed by atoms with van der Waals surface area (Å²) in [4.78, 5) is 257. The molecule has 692 valence electrons. The number of carbonyl (C=O) groups excluding carboxylic acids is 17. The van der Waals surface area contributed by atoms with Crippen LogP contribution in [0.2, 0.25) is 0 Å². The van der Waals surface area contributed by atoms with Crippen LogP contribution in [-0.2, 0) is 99.1 Å². The second-order valence-electron chi connectivity index (χ2n) is 32.6. The number of aromatic nitrogens is 3. The number of nitrogens with one attached hydrogen (secondary N) is 16. The standard InChI is InChI=1S/C81H132N22O20S/c1-14-44(10)66(79(120)96-52(21-17-18-29-82)71(112)93-54(23-26-62(85)106)72(113)97-57(31-40(2)3)75(116)94-53(22-25-61(84)105)70(111)91-45(11)81(122)123)101-64(108)38-89-69(110)60(34-47-36-88-51-20-16-15-19-49(47)51)100-78(119)65(43(8)9)102-80(121)67(46(12)104)103-77(118)59(33-42(6)7)99-73(114)55(24-27-63(86)107)95-76(117)58(32-41(4)5)98-74(115)56(28-30-124-13)92-68(109)50(83)35-48-37-87-39-90-48/h15-16,19-20,36-37,39-46,50,52-60,65-67,88,104H,14,17-18,21-35,38,82-83H2,1-13H3,(H2,84,105)(H2,85,106)(H2,86,107)(H,87,90)(H,89,110)(H,91,111)(H,92,109)(H,93,112)(H,94,116)(H,95,117)(H,96,120)(H,97,113)(H,98,115)(H,99,114)(H,100,119)(H,101,108)(H,102,121)(H,103,118)(H,122,123)/t44-,45-,46+,50-,52-,53-,54-,55-,56-,57-,58-,59-,60-,65-,66-,67-/m0/s1. The molecule has 16 atom stereocenters. The molecule has 3 rings (SSSR count). The summed E-state index contributed by atoms with van der Waals surface area (Å²) in [7, 11) is 0. The fourth-order valence-corrected chi connectivity index (χ4v) is 13.4. The maximum Gasteiger partial charge on any atom is 0.325 e. The predicted molar refractivity (Wildman–Crippen MR) is 459 cm³/mol. The van der Waals surface area contributed by atoms with Crippen LogP contribution in [0.1, 0.15) is 184 Å². The average Bonchev–Trinajstić information content (AvgIpc) is 1.62. The highest BCUT2D eigenvalue weighted by molar-refractivity contribution is 7.98. The normalized spacial score (nSPS) is 15.3. The van der Waals surface area contributed by atoms with Crippen molar-refractivity contribution < 1.29 is 96.5 Å². The number of aromatic amines is 2. The third-order valence-electron chi connectivity index (χ3n) is 20.1. The van der Waals surface area contributed by atoms with Crippen molar-refractivity contribution in [1.82, 2.24) is 89.4 Å². The summed E-state index contributed by atoms with van der Waals surface area (Å²) in [5.74, 6) is -18.9. The van der Waals surface area contributed by atoms with Gasteiger partial charge in [-0.1, -0.05) is 93.9 Å². The van der Waals surface area contributed by atoms with Crippen LogP contribution in [0.4, 0.5) is 0 Å². The number of benzene rings is 1. The summed E-state index contributed by atoms with van der Waals surface area (Å²) >= 11 is 1.40. The van der Waals surface area contributed by atoms with Crippen LogP contribution in [0.3, 0.4) is 0 Å². The van der Waals surface area contributed by atoms with Crippen LogP contribution in [0.5, 0.6) is 0 Å². The number of aliphatic carboxylic acids is 1. The monoisotopic (exact) mass is 1760 g/mol. The highest BCUT2D eigenvalue weighted by atomic mass is 32.2. The van der Waals surface area contributed by atoms with Gasteiger partial charge in [0.25, 0.3) is 0 Å². The lowest BCUT2D eigenvalue weighted by Gasteiger charge is -2.30. The van der Waals surface area contributed by atoms with Crippen LogP contribution in [0, 0.1) is 29.6 Å². The molecule has 0 bridgehead atoms. The van der Waals surface area contributed by atoms with E-state index in [1.54, 1.807) is 106 Å². The zero-order chi connectivity index (χ0) is 93.4. The van der Waals surface area contributed by atoms with E-state index in [-0.39, 0.29) is 94.9 Å². The van der Waals surface area contributed by atoms with Crippen molar-refractivity contribution in [3.05, 3.63) is 54.2 Å². The van der Waals surface area contributed by atoms with Gasteiger partial charge in [-0.05, 0) is 138 Å². The van der Waals surface area contributed by atoms with Gasteiger partial charge in [-0.25, -0.2) is 4.98 Å². The zero-order valence-electron chi connectivity index (χ0n) is 73.0. The van der Waals surface area contributed by atoms with E-state index >= 15 is 0 Å². The fraction of sp³-hybridized carbons (Fsp3) is 0.642. The highest BCUT2D eigenvalue weighted by Gasteiger charge is 2.40. The Hall–Kier alpha value is -11.3. The first-order chi connectivity index (χ1) is 58.3. The van der Waals surface area contributed by atoms with Gasteiger partial charge in [0.05, 0.1) is 25.0 Å². The topological polar surface area (TPSA) is 691 Å². The number of carboxylic acid groups (broad SMARTS) is 1. The van der Waals surface area contributed by atoms with Gasteiger partial charge in [0.2, 0.25) is 100 Å². The molecule has 3 aromatic rings. The number of primary amides is 3. The van der Waals surface area contributed by atoms with Crippen LogP contribution in [-0.4, -0.2) is 247 Å². The van der Waals surface area contributed by atoms with Crippen molar-refractivity contribution in [2.75, 3.05) is 25.1 Å². The Morgan fingerprint density at radius 3 is 1.31 bits per heavy atom. The van der Waals surface area contributed by atoms with E-state index in [0.29, 0.717) is 34.3 Å². The second-order valence-corrected chi connectivity index (χ2v) is 33.6. The van der Waals surface area contributed by atoms with Crippen molar-refractivity contribution >= 4 is 129 Å². The summed E-state index contributed by atoms with van der Waals surface area (Å²) < 4.78 is 0. The Bertz CT molecular complexity index is 4090.